The molecule has 1 aromatic heterocycles. The van der Waals surface area contributed by atoms with Gasteiger partial charge in [0.15, 0.2) is 0 Å². The molecule has 1 aliphatic heterocycles. The number of rotatable bonds is 8. The molecule has 0 saturated carbocycles. The number of halogens is 4. The second kappa shape index (κ2) is 12.5. The van der Waals surface area contributed by atoms with Gasteiger partial charge in [-0.25, -0.2) is 4.39 Å². The van der Waals surface area contributed by atoms with Crippen molar-refractivity contribution >= 4 is 28.2 Å². The van der Waals surface area contributed by atoms with Crippen molar-refractivity contribution in [2.24, 2.45) is 5.92 Å². The van der Waals surface area contributed by atoms with Crippen molar-refractivity contribution in [3.05, 3.63) is 53.7 Å². The van der Waals surface area contributed by atoms with E-state index in [1.807, 2.05) is 11.9 Å². The van der Waals surface area contributed by atoms with Crippen LogP contribution in [0.1, 0.15) is 29.4 Å². The number of fused-ring (bicyclic) bond motifs is 1. The van der Waals surface area contributed by atoms with Crippen LogP contribution in [0.5, 0.6) is 5.75 Å². The fourth-order valence-electron chi connectivity index (χ4n) is 4.83. The van der Waals surface area contributed by atoms with E-state index in [0.717, 1.165) is 11.1 Å². The highest BCUT2D eigenvalue weighted by Gasteiger charge is 2.30. The van der Waals surface area contributed by atoms with Crippen molar-refractivity contribution in [1.82, 2.24) is 14.8 Å². The van der Waals surface area contributed by atoms with Gasteiger partial charge in [-0.3, -0.25) is 4.79 Å². The first-order valence-electron chi connectivity index (χ1n) is 13.1. The van der Waals surface area contributed by atoms with Crippen LogP contribution < -0.4 is 16.0 Å². The first-order valence-corrected chi connectivity index (χ1v) is 13.1. The van der Waals surface area contributed by atoms with Crippen LogP contribution in [-0.2, 0) is 6.54 Å². The fraction of sp³-hybridized carbons (Fsp3) is 0.414. The van der Waals surface area contributed by atoms with Crippen molar-refractivity contribution in [2.75, 3.05) is 50.4 Å². The molecule has 0 aliphatic carbocycles. The molecule has 4 rings (SSSR count). The Morgan fingerprint density at radius 1 is 1.15 bits per heavy atom. The number of benzene rings is 2. The number of hydrogen-bond donors (Lipinski definition) is 4. The molecule has 40 heavy (non-hydrogen) atoms. The summed E-state index contributed by atoms with van der Waals surface area (Å²) in [5, 5.41) is 19.6. The third kappa shape index (κ3) is 7.18. The van der Waals surface area contributed by atoms with Crippen molar-refractivity contribution < 1.29 is 27.5 Å². The fourth-order valence-corrected chi connectivity index (χ4v) is 4.83. The molecule has 4 N–H and O–H groups in total. The van der Waals surface area contributed by atoms with E-state index in [0.29, 0.717) is 53.9 Å². The summed E-state index contributed by atoms with van der Waals surface area (Å²) < 4.78 is 56.1. The maximum Gasteiger partial charge on any atom is 0.406 e. The van der Waals surface area contributed by atoms with E-state index in [4.69, 9.17) is 0 Å². The van der Waals surface area contributed by atoms with Gasteiger partial charge in [0.2, 0.25) is 0 Å². The van der Waals surface area contributed by atoms with E-state index in [2.05, 4.69) is 27.8 Å². The molecule has 0 bridgehead atoms. The molecule has 2 aromatic carbocycles. The quantitative estimate of drug-likeness (QED) is 0.181. The average molecular weight is 560 g/mol. The summed E-state index contributed by atoms with van der Waals surface area (Å²) in [6.45, 7) is 2.61. The van der Waals surface area contributed by atoms with E-state index in [1.165, 1.54) is 12.1 Å². The number of aromatic hydroxyl groups is 1. The van der Waals surface area contributed by atoms with Crippen LogP contribution in [0.4, 0.5) is 28.9 Å². The predicted octanol–water partition coefficient (Wildman–Crippen LogP) is 4.82. The summed E-state index contributed by atoms with van der Waals surface area (Å²) in [7, 11) is 1.88. The summed E-state index contributed by atoms with van der Waals surface area (Å²) in [5.41, 5.74) is 1.82. The Bertz CT molecular complexity index is 1410. The van der Waals surface area contributed by atoms with E-state index in [-0.39, 0.29) is 29.8 Å². The zero-order valence-electron chi connectivity index (χ0n) is 22.4. The molecule has 3 aromatic rings. The topological polar surface area (TPSA) is 81.6 Å². The zero-order valence-corrected chi connectivity index (χ0v) is 22.4. The number of carbonyl (C=O) groups excluding carboxylic acids is 1. The third-order valence-corrected chi connectivity index (χ3v) is 6.90. The molecule has 0 radical (unpaired) electrons. The number of nitrogens with one attached hydrogen (secondary N) is 3. The first-order chi connectivity index (χ1) is 19.1. The summed E-state index contributed by atoms with van der Waals surface area (Å²) in [4.78, 5) is 13.9. The highest BCUT2D eigenvalue weighted by atomic mass is 19.4. The number of phenols is 1. The molecule has 1 aliphatic rings. The number of carbonyl (C=O) groups is 1. The Morgan fingerprint density at radius 3 is 2.65 bits per heavy atom. The monoisotopic (exact) mass is 559 g/mol. The van der Waals surface area contributed by atoms with Gasteiger partial charge in [-0.2, -0.15) is 13.2 Å². The highest BCUT2D eigenvalue weighted by molar-refractivity contribution is 5.95. The van der Waals surface area contributed by atoms with Gasteiger partial charge in [0, 0.05) is 42.2 Å². The molecule has 2 atom stereocenters. The van der Waals surface area contributed by atoms with Crippen LogP contribution >= 0.6 is 0 Å². The van der Waals surface area contributed by atoms with E-state index < -0.39 is 18.9 Å². The van der Waals surface area contributed by atoms with Gasteiger partial charge in [0.25, 0.3) is 5.91 Å². The number of hydrogen-bond acceptors (Lipinski definition) is 5. The van der Waals surface area contributed by atoms with Crippen molar-refractivity contribution in [3.63, 3.8) is 0 Å². The number of likely N-dealkylation sites (tertiary alicyclic amines) is 1. The Hall–Kier alpha value is -3.91. The number of amides is 1. The van der Waals surface area contributed by atoms with E-state index >= 15 is 0 Å². The SMILES string of the molecule is CCNC(=O)c1ccc(NCC#Cc2cc3c(NCC4CCN(C)C[C@@H]4F)cccc3n2CC(F)(F)F)c(O)c1. The third-order valence-electron chi connectivity index (χ3n) is 6.90. The zero-order chi connectivity index (χ0) is 28.9. The van der Waals surface area contributed by atoms with Gasteiger partial charge in [-0.15, -0.1) is 0 Å². The van der Waals surface area contributed by atoms with Crippen molar-refractivity contribution in [3.8, 4) is 17.6 Å². The molecule has 1 amide bonds. The largest absolute Gasteiger partial charge is 0.506 e. The molecule has 7 nitrogen and oxygen atoms in total. The van der Waals surface area contributed by atoms with Crippen LogP contribution in [0.15, 0.2) is 42.5 Å². The van der Waals surface area contributed by atoms with Gasteiger partial charge in [-0.1, -0.05) is 12.0 Å². The normalized spacial score (nSPS) is 17.8. The van der Waals surface area contributed by atoms with Crippen LogP contribution in [0.3, 0.4) is 0 Å². The molecule has 1 fully saturated rings. The van der Waals surface area contributed by atoms with Gasteiger partial charge < -0.3 is 30.5 Å². The van der Waals surface area contributed by atoms with E-state index in [9.17, 15) is 27.5 Å². The smallest absolute Gasteiger partial charge is 0.406 e. The molecule has 1 unspecified atom stereocenters. The van der Waals surface area contributed by atoms with Crippen LogP contribution in [0.25, 0.3) is 10.9 Å². The van der Waals surface area contributed by atoms with Crippen molar-refractivity contribution in [2.45, 2.75) is 32.2 Å². The molecule has 2 heterocycles. The second-order valence-electron chi connectivity index (χ2n) is 9.92. The summed E-state index contributed by atoms with van der Waals surface area (Å²) >= 11 is 0. The minimum absolute atomic E-state index is 0.0424. The van der Waals surface area contributed by atoms with E-state index in [1.54, 1.807) is 37.3 Å². The molecular weight excluding hydrogens is 526 g/mol. The number of phenolic OH excluding ortho intramolecular Hbond substituents is 1. The van der Waals surface area contributed by atoms with Crippen LogP contribution in [-0.4, -0.2) is 72.6 Å². The maximum atomic E-state index is 14.5. The highest BCUT2D eigenvalue weighted by Crippen LogP contribution is 2.31. The summed E-state index contributed by atoms with van der Waals surface area (Å²) in [5.74, 6) is 5.00. The first kappa shape index (κ1) is 29.1. The minimum Gasteiger partial charge on any atom is -0.506 e. The number of nitrogens with zero attached hydrogens (tertiary/aromatic N) is 2. The average Bonchev–Trinajstić information content (AvgIpc) is 3.23. The number of anilines is 2. The van der Waals surface area contributed by atoms with Crippen molar-refractivity contribution in [1.29, 1.82) is 0 Å². The van der Waals surface area contributed by atoms with Gasteiger partial charge in [0.1, 0.15) is 18.5 Å². The number of piperidine rings is 1. The Labute approximate surface area is 230 Å². The lowest BCUT2D eigenvalue weighted by molar-refractivity contribution is -0.140. The molecule has 1 saturated heterocycles. The van der Waals surface area contributed by atoms with Gasteiger partial charge in [0.05, 0.1) is 23.4 Å². The predicted molar refractivity (Wildman–Crippen MR) is 148 cm³/mol. The van der Waals surface area contributed by atoms with Gasteiger partial charge in [-0.05, 0) is 69.3 Å². The Morgan fingerprint density at radius 2 is 1.95 bits per heavy atom. The summed E-state index contributed by atoms with van der Waals surface area (Å²) in [6, 6.07) is 11.1. The maximum absolute atomic E-state index is 14.5. The van der Waals surface area contributed by atoms with Crippen LogP contribution in [0, 0.1) is 17.8 Å². The Kier molecular flexibility index (Phi) is 9.10. The standard InChI is InChI=1S/C29H33F4N5O2/c1-3-34-28(40)19-9-10-25(27(39)14-19)35-12-5-6-21-15-22-24(36-16-20-11-13-37(2)17-23(20)30)7-4-8-26(22)38(21)18-29(31,32)33/h4,7-10,14-15,20,23,35-36,39H,3,11-13,16-18H2,1-2H3,(H,34,40)/t20?,23-/m0/s1. The lowest BCUT2D eigenvalue weighted by Crippen LogP contribution is -2.41. The molecule has 11 heteroatoms. The molecular formula is C29H33F4N5O2. The number of aromatic nitrogens is 1. The summed E-state index contributed by atoms with van der Waals surface area (Å²) in [6.07, 6.45) is -4.74. The molecule has 214 valence electrons. The lowest BCUT2D eigenvalue weighted by atomic mass is 9.95. The molecule has 0 spiro atoms. The lowest BCUT2D eigenvalue weighted by Gasteiger charge is -2.32. The Balaban J connectivity index is 1.53. The second-order valence-corrected chi connectivity index (χ2v) is 9.92. The minimum atomic E-state index is -4.46. The number of alkyl halides is 4. The van der Waals surface area contributed by atoms with Crippen LogP contribution in [0.2, 0.25) is 0 Å². The van der Waals surface area contributed by atoms with Gasteiger partial charge >= 0.3 is 6.18 Å².